The van der Waals surface area contributed by atoms with Gasteiger partial charge < -0.3 is 20.7 Å². The number of carbonyl (C=O) groups is 1. The summed E-state index contributed by atoms with van der Waals surface area (Å²) >= 11 is 0. The number of hydrogen-bond donors (Lipinski definition) is 2. The molecule has 1 heterocycles. The number of nitrogens with two attached hydrogens (primary N) is 1. The highest BCUT2D eigenvalue weighted by Crippen LogP contribution is 2.32. The van der Waals surface area contributed by atoms with Crippen molar-refractivity contribution in [2.24, 2.45) is 5.73 Å². The maximum absolute atomic E-state index is 11.9. The second-order valence-corrected chi connectivity index (χ2v) is 4.78. The van der Waals surface area contributed by atoms with Crippen molar-refractivity contribution in [3.8, 4) is 5.88 Å². The fraction of sp³-hybridized carbons (Fsp3) is 0.500. The minimum Gasteiger partial charge on any atom is -0.479 e. The molecule has 18 heavy (non-hydrogen) atoms. The first-order valence-electron chi connectivity index (χ1n) is 5.58. The van der Waals surface area contributed by atoms with Gasteiger partial charge in [0.15, 0.2) is 0 Å². The third-order valence-corrected chi connectivity index (χ3v) is 2.39. The Labute approximate surface area is 107 Å². The van der Waals surface area contributed by atoms with Crippen LogP contribution in [0.5, 0.6) is 5.88 Å². The molecule has 0 bridgehead atoms. The van der Waals surface area contributed by atoms with Crippen molar-refractivity contribution in [3.63, 3.8) is 0 Å². The molecule has 1 aromatic heterocycles. The summed E-state index contributed by atoms with van der Waals surface area (Å²) in [4.78, 5) is 17.9. The lowest BCUT2D eigenvalue weighted by Crippen LogP contribution is -2.45. The molecule has 0 aliphatic heterocycles. The van der Waals surface area contributed by atoms with Crippen LogP contribution in [0.3, 0.4) is 0 Å². The minimum atomic E-state index is -0.968. The Kier molecular flexibility index (Phi) is 4.13. The number of pyridine rings is 1. The van der Waals surface area contributed by atoms with Crippen molar-refractivity contribution >= 4 is 17.3 Å². The summed E-state index contributed by atoms with van der Waals surface area (Å²) in [6, 6.07) is 1.79. The standard InChI is InChI=1S/C12H20N4O2/c1-12(2,13)11(17)15-9-8(16(3)4)6-7-14-10(9)18-5/h6-7H,13H2,1-5H3,(H,15,17). The number of carbonyl (C=O) groups excluding carboxylic acids is 1. The van der Waals surface area contributed by atoms with Crippen LogP contribution < -0.4 is 20.7 Å². The highest BCUT2D eigenvalue weighted by molar-refractivity contribution is 6.01. The minimum absolute atomic E-state index is 0.295. The van der Waals surface area contributed by atoms with Crippen LogP contribution in [0.1, 0.15) is 13.8 Å². The molecule has 100 valence electrons. The zero-order valence-corrected chi connectivity index (χ0v) is 11.4. The largest absolute Gasteiger partial charge is 0.479 e. The highest BCUT2D eigenvalue weighted by atomic mass is 16.5. The number of aromatic nitrogens is 1. The molecule has 0 aliphatic carbocycles. The molecule has 0 aliphatic rings. The molecule has 0 unspecified atom stereocenters. The van der Waals surface area contributed by atoms with Gasteiger partial charge in [0.2, 0.25) is 11.8 Å². The van der Waals surface area contributed by atoms with Crippen LogP contribution >= 0.6 is 0 Å². The van der Waals surface area contributed by atoms with E-state index in [1.165, 1.54) is 7.11 Å². The molecule has 0 saturated carbocycles. The number of nitrogens with one attached hydrogen (secondary N) is 1. The zero-order chi connectivity index (χ0) is 13.9. The molecular formula is C12H20N4O2. The summed E-state index contributed by atoms with van der Waals surface area (Å²) in [5.74, 6) is 0.0655. The Morgan fingerprint density at radius 2 is 2.11 bits per heavy atom. The molecule has 0 saturated heterocycles. The smallest absolute Gasteiger partial charge is 0.244 e. The van der Waals surface area contributed by atoms with Crippen LogP contribution in [0.4, 0.5) is 11.4 Å². The number of amides is 1. The van der Waals surface area contributed by atoms with Crippen LogP contribution in [-0.4, -0.2) is 37.6 Å². The normalized spacial score (nSPS) is 11.0. The Hall–Kier alpha value is -1.82. The van der Waals surface area contributed by atoms with E-state index in [1.54, 1.807) is 26.1 Å². The quantitative estimate of drug-likeness (QED) is 0.829. The van der Waals surface area contributed by atoms with E-state index in [4.69, 9.17) is 10.5 Å². The molecule has 1 amide bonds. The molecule has 1 aromatic rings. The third-order valence-electron chi connectivity index (χ3n) is 2.39. The maximum Gasteiger partial charge on any atom is 0.244 e. The van der Waals surface area contributed by atoms with Crippen molar-refractivity contribution in [1.82, 2.24) is 4.98 Å². The van der Waals surface area contributed by atoms with Gasteiger partial charge in [0.25, 0.3) is 0 Å². The number of ether oxygens (including phenoxy) is 1. The van der Waals surface area contributed by atoms with Gasteiger partial charge in [-0.15, -0.1) is 0 Å². The third kappa shape index (κ3) is 3.10. The molecular weight excluding hydrogens is 232 g/mol. The van der Waals surface area contributed by atoms with Crippen molar-refractivity contribution in [3.05, 3.63) is 12.3 Å². The first kappa shape index (κ1) is 14.2. The van der Waals surface area contributed by atoms with Gasteiger partial charge in [-0.1, -0.05) is 0 Å². The fourth-order valence-corrected chi connectivity index (χ4v) is 1.35. The fourth-order valence-electron chi connectivity index (χ4n) is 1.35. The topological polar surface area (TPSA) is 80.5 Å². The average Bonchev–Trinajstić information content (AvgIpc) is 2.27. The molecule has 0 atom stereocenters. The second-order valence-electron chi connectivity index (χ2n) is 4.78. The van der Waals surface area contributed by atoms with Crippen LogP contribution in [-0.2, 0) is 4.79 Å². The monoisotopic (exact) mass is 252 g/mol. The summed E-state index contributed by atoms with van der Waals surface area (Å²) in [7, 11) is 5.25. The van der Waals surface area contributed by atoms with Gasteiger partial charge in [-0.05, 0) is 19.9 Å². The van der Waals surface area contributed by atoms with Crippen molar-refractivity contribution < 1.29 is 9.53 Å². The molecule has 0 radical (unpaired) electrons. The van der Waals surface area contributed by atoms with Crippen molar-refractivity contribution in [2.45, 2.75) is 19.4 Å². The van der Waals surface area contributed by atoms with Crippen LogP contribution in [0.15, 0.2) is 12.3 Å². The molecule has 0 spiro atoms. The van der Waals surface area contributed by atoms with Crippen LogP contribution in [0.2, 0.25) is 0 Å². The van der Waals surface area contributed by atoms with E-state index in [2.05, 4.69) is 10.3 Å². The number of nitrogens with zero attached hydrogens (tertiary/aromatic N) is 2. The highest BCUT2D eigenvalue weighted by Gasteiger charge is 2.24. The summed E-state index contributed by atoms with van der Waals surface area (Å²) in [6.07, 6.45) is 1.62. The van der Waals surface area contributed by atoms with Gasteiger partial charge in [-0.25, -0.2) is 4.98 Å². The Morgan fingerprint density at radius 1 is 1.50 bits per heavy atom. The van der Waals surface area contributed by atoms with E-state index in [0.717, 1.165) is 5.69 Å². The van der Waals surface area contributed by atoms with Gasteiger partial charge in [0, 0.05) is 20.3 Å². The van der Waals surface area contributed by atoms with Gasteiger partial charge in [-0.2, -0.15) is 0 Å². The van der Waals surface area contributed by atoms with Crippen LogP contribution in [0, 0.1) is 0 Å². The van der Waals surface area contributed by atoms with E-state index in [0.29, 0.717) is 11.6 Å². The molecule has 6 nitrogen and oxygen atoms in total. The van der Waals surface area contributed by atoms with E-state index in [-0.39, 0.29) is 5.91 Å². The predicted octanol–water partition coefficient (Wildman–Crippen LogP) is 0.832. The first-order valence-corrected chi connectivity index (χ1v) is 5.58. The van der Waals surface area contributed by atoms with Gasteiger partial charge >= 0.3 is 0 Å². The van der Waals surface area contributed by atoms with Crippen LogP contribution in [0.25, 0.3) is 0 Å². The summed E-state index contributed by atoms with van der Waals surface area (Å²) < 4.78 is 5.16. The van der Waals surface area contributed by atoms with E-state index in [1.807, 2.05) is 19.0 Å². The van der Waals surface area contributed by atoms with Gasteiger partial charge in [-0.3, -0.25) is 4.79 Å². The molecule has 3 N–H and O–H groups in total. The SMILES string of the molecule is COc1nccc(N(C)C)c1NC(=O)C(C)(C)N. The molecule has 0 aromatic carbocycles. The second kappa shape index (κ2) is 5.22. The van der Waals surface area contributed by atoms with E-state index in [9.17, 15) is 4.79 Å². The zero-order valence-electron chi connectivity index (χ0n) is 11.4. The Bertz CT molecular complexity index is 438. The van der Waals surface area contributed by atoms with Gasteiger partial charge in [0.1, 0.15) is 5.69 Å². The lowest BCUT2D eigenvalue weighted by molar-refractivity contribution is -0.120. The average molecular weight is 252 g/mol. The number of hydrogen-bond acceptors (Lipinski definition) is 5. The lowest BCUT2D eigenvalue weighted by Gasteiger charge is -2.23. The molecule has 0 fully saturated rings. The summed E-state index contributed by atoms with van der Waals surface area (Å²) in [5.41, 5.74) is 6.12. The van der Waals surface area contributed by atoms with E-state index < -0.39 is 5.54 Å². The molecule has 1 rings (SSSR count). The van der Waals surface area contributed by atoms with E-state index >= 15 is 0 Å². The predicted molar refractivity (Wildman–Crippen MR) is 72.0 cm³/mol. The summed E-state index contributed by atoms with van der Waals surface area (Å²) in [6.45, 7) is 3.28. The lowest BCUT2D eigenvalue weighted by atomic mass is 10.1. The first-order chi connectivity index (χ1) is 8.27. The summed E-state index contributed by atoms with van der Waals surface area (Å²) in [5, 5.41) is 2.76. The van der Waals surface area contributed by atoms with Gasteiger partial charge in [0.05, 0.1) is 18.3 Å². The number of anilines is 2. The number of methoxy groups -OCH3 is 1. The Morgan fingerprint density at radius 3 is 2.56 bits per heavy atom. The van der Waals surface area contributed by atoms with Crippen molar-refractivity contribution in [2.75, 3.05) is 31.4 Å². The van der Waals surface area contributed by atoms with Crippen molar-refractivity contribution in [1.29, 1.82) is 0 Å². The number of rotatable bonds is 4. The maximum atomic E-state index is 11.9. The Balaban J connectivity index is 3.17. The molecule has 6 heteroatoms.